The van der Waals surface area contributed by atoms with Crippen LogP contribution in [-0.4, -0.2) is 0 Å². The van der Waals surface area contributed by atoms with Gasteiger partial charge in [0.1, 0.15) is 0 Å². The summed E-state index contributed by atoms with van der Waals surface area (Å²) in [4.78, 5) is 0. The predicted octanol–water partition coefficient (Wildman–Crippen LogP) is 5.27. The first kappa shape index (κ1) is 12.9. The van der Waals surface area contributed by atoms with Crippen LogP contribution in [0.15, 0.2) is 54.1 Å². The second kappa shape index (κ2) is 4.97. The maximum Gasteiger partial charge on any atom is -0.00883 e. The van der Waals surface area contributed by atoms with Gasteiger partial charge in [-0.1, -0.05) is 74.9 Å². The quantitative estimate of drug-likeness (QED) is 0.625. The minimum Gasteiger partial charge on any atom is -0.0798 e. The smallest absolute Gasteiger partial charge is 0.00883 e. The fraction of sp³-hybridized carbons (Fsp3) is 0.333. The maximum atomic E-state index is 2.25. The molecule has 0 atom stereocenters. The summed E-state index contributed by atoms with van der Waals surface area (Å²) in [6.07, 6.45) is 9.87. The molecule has 0 aliphatic heterocycles. The molecule has 18 heavy (non-hydrogen) atoms. The Morgan fingerprint density at radius 2 is 1.61 bits per heavy atom. The van der Waals surface area contributed by atoms with Crippen LogP contribution in [-0.2, 0) is 5.41 Å². The molecule has 1 aromatic carbocycles. The van der Waals surface area contributed by atoms with Crippen LogP contribution in [0.4, 0.5) is 0 Å². The van der Waals surface area contributed by atoms with E-state index in [2.05, 4.69) is 76.3 Å². The summed E-state index contributed by atoms with van der Waals surface area (Å²) >= 11 is 0. The first-order valence-electron chi connectivity index (χ1n) is 6.62. The lowest BCUT2D eigenvalue weighted by Gasteiger charge is -2.19. The van der Waals surface area contributed by atoms with Gasteiger partial charge in [0.2, 0.25) is 0 Å². The molecule has 0 aromatic heterocycles. The Morgan fingerprint density at radius 1 is 0.944 bits per heavy atom. The second-order valence-corrected chi connectivity index (χ2v) is 6.04. The Morgan fingerprint density at radius 3 is 2.22 bits per heavy atom. The van der Waals surface area contributed by atoms with Crippen molar-refractivity contribution >= 4 is 5.57 Å². The Labute approximate surface area is 111 Å². The van der Waals surface area contributed by atoms with Gasteiger partial charge >= 0.3 is 0 Å². The molecule has 0 unspecified atom stereocenters. The monoisotopic (exact) mass is 238 g/mol. The van der Waals surface area contributed by atoms with Crippen molar-refractivity contribution in [2.75, 3.05) is 0 Å². The standard InChI is InChI=1S/C18H22/c1-14-6-5-7-15(9-8-14)16-10-12-17(13-11-16)18(2,3)4/h5-6,8-13H,7H2,1-4H3. The molecular weight excluding hydrogens is 216 g/mol. The van der Waals surface area contributed by atoms with Crippen LogP contribution >= 0.6 is 0 Å². The summed E-state index contributed by atoms with van der Waals surface area (Å²) in [5, 5.41) is 0. The summed E-state index contributed by atoms with van der Waals surface area (Å²) in [7, 11) is 0. The molecule has 0 heteroatoms. The average molecular weight is 238 g/mol. The third-order valence-electron chi connectivity index (χ3n) is 3.39. The van der Waals surface area contributed by atoms with Crippen LogP contribution in [0.5, 0.6) is 0 Å². The molecule has 1 aliphatic rings. The molecule has 0 fully saturated rings. The molecule has 0 radical (unpaired) electrons. The van der Waals surface area contributed by atoms with E-state index >= 15 is 0 Å². The third-order valence-corrected chi connectivity index (χ3v) is 3.39. The Bertz CT molecular complexity index is 502. The molecule has 0 bridgehead atoms. The highest BCUT2D eigenvalue weighted by Crippen LogP contribution is 2.26. The molecule has 0 amide bonds. The predicted molar refractivity (Wildman–Crippen MR) is 80.6 cm³/mol. The summed E-state index contributed by atoms with van der Waals surface area (Å²) in [6, 6.07) is 8.99. The molecule has 0 saturated heterocycles. The lowest BCUT2D eigenvalue weighted by Crippen LogP contribution is -2.10. The van der Waals surface area contributed by atoms with Gasteiger partial charge in [-0.3, -0.25) is 0 Å². The van der Waals surface area contributed by atoms with E-state index in [9.17, 15) is 0 Å². The van der Waals surface area contributed by atoms with E-state index in [4.69, 9.17) is 0 Å². The second-order valence-electron chi connectivity index (χ2n) is 6.04. The van der Waals surface area contributed by atoms with Gasteiger partial charge in [-0.25, -0.2) is 0 Å². The topological polar surface area (TPSA) is 0 Å². The highest BCUT2D eigenvalue weighted by molar-refractivity contribution is 5.69. The van der Waals surface area contributed by atoms with Crippen LogP contribution in [0.25, 0.3) is 5.57 Å². The lowest BCUT2D eigenvalue weighted by atomic mass is 9.86. The molecule has 0 spiro atoms. The van der Waals surface area contributed by atoms with E-state index in [1.165, 1.54) is 22.3 Å². The highest BCUT2D eigenvalue weighted by atomic mass is 14.2. The number of benzene rings is 1. The van der Waals surface area contributed by atoms with Gasteiger partial charge < -0.3 is 0 Å². The Kier molecular flexibility index (Phi) is 3.56. The zero-order valence-corrected chi connectivity index (χ0v) is 11.8. The lowest BCUT2D eigenvalue weighted by molar-refractivity contribution is 0.590. The molecule has 0 N–H and O–H groups in total. The molecule has 2 rings (SSSR count). The first-order chi connectivity index (χ1) is 8.47. The number of allylic oxidation sites excluding steroid dienone is 6. The largest absolute Gasteiger partial charge is 0.0798 e. The number of rotatable bonds is 1. The Hall–Kier alpha value is -1.56. The van der Waals surface area contributed by atoms with Crippen molar-refractivity contribution in [3.63, 3.8) is 0 Å². The van der Waals surface area contributed by atoms with Gasteiger partial charge in [-0.05, 0) is 35.5 Å². The van der Waals surface area contributed by atoms with Crippen molar-refractivity contribution in [3.8, 4) is 0 Å². The van der Waals surface area contributed by atoms with E-state index < -0.39 is 0 Å². The van der Waals surface area contributed by atoms with Crippen LogP contribution < -0.4 is 0 Å². The zero-order valence-electron chi connectivity index (χ0n) is 11.8. The fourth-order valence-electron chi connectivity index (χ4n) is 2.13. The van der Waals surface area contributed by atoms with Crippen molar-refractivity contribution in [2.24, 2.45) is 0 Å². The van der Waals surface area contributed by atoms with Gasteiger partial charge in [-0.2, -0.15) is 0 Å². The van der Waals surface area contributed by atoms with E-state index in [1.54, 1.807) is 0 Å². The first-order valence-corrected chi connectivity index (χ1v) is 6.62. The normalized spacial score (nSPS) is 16.0. The maximum absolute atomic E-state index is 2.25. The molecule has 1 aliphatic carbocycles. The zero-order chi connectivity index (χ0) is 13.2. The number of hydrogen-bond donors (Lipinski definition) is 0. The minimum absolute atomic E-state index is 0.229. The van der Waals surface area contributed by atoms with Gasteiger partial charge in [0.15, 0.2) is 0 Å². The molecule has 0 heterocycles. The molecule has 0 nitrogen and oxygen atoms in total. The number of hydrogen-bond acceptors (Lipinski definition) is 0. The Balaban J connectivity index is 2.28. The van der Waals surface area contributed by atoms with Crippen molar-refractivity contribution in [1.29, 1.82) is 0 Å². The molecular formula is C18H22. The average Bonchev–Trinajstić information content (AvgIpc) is 2.53. The third kappa shape index (κ3) is 3.01. The van der Waals surface area contributed by atoms with E-state index in [0.29, 0.717) is 0 Å². The molecule has 0 saturated carbocycles. The van der Waals surface area contributed by atoms with Gasteiger partial charge in [0.25, 0.3) is 0 Å². The summed E-state index contributed by atoms with van der Waals surface area (Å²) in [5.41, 5.74) is 5.66. The summed E-state index contributed by atoms with van der Waals surface area (Å²) < 4.78 is 0. The summed E-state index contributed by atoms with van der Waals surface area (Å²) in [5.74, 6) is 0. The van der Waals surface area contributed by atoms with Crippen molar-refractivity contribution in [2.45, 2.75) is 39.5 Å². The van der Waals surface area contributed by atoms with E-state index in [-0.39, 0.29) is 5.41 Å². The van der Waals surface area contributed by atoms with Gasteiger partial charge in [0.05, 0.1) is 0 Å². The van der Waals surface area contributed by atoms with Crippen LogP contribution in [0, 0.1) is 0 Å². The summed E-state index contributed by atoms with van der Waals surface area (Å²) in [6.45, 7) is 8.89. The van der Waals surface area contributed by atoms with E-state index in [0.717, 1.165) is 6.42 Å². The van der Waals surface area contributed by atoms with Crippen molar-refractivity contribution < 1.29 is 0 Å². The molecule has 1 aromatic rings. The van der Waals surface area contributed by atoms with Gasteiger partial charge in [-0.15, -0.1) is 0 Å². The van der Waals surface area contributed by atoms with Crippen molar-refractivity contribution in [3.05, 3.63) is 65.3 Å². The van der Waals surface area contributed by atoms with Gasteiger partial charge in [0, 0.05) is 0 Å². The minimum atomic E-state index is 0.229. The van der Waals surface area contributed by atoms with Crippen LogP contribution in [0.1, 0.15) is 45.2 Å². The van der Waals surface area contributed by atoms with Crippen LogP contribution in [0.3, 0.4) is 0 Å². The fourth-order valence-corrected chi connectivity index (χ4v) is 2.13. The van der Waals surface area contributed by atoms with Crippen LogP contribution in [0.2, 0.25) is 0 Å². The van der Waals surface area contributed by atoms with E-state index in [1.807, 2.05) is 0 Å². The molecule has 94 valence electrons. The van der Waals surface area contributed by atoms with Crippen molar-refractivity contribution in [1.82, 2.24) is 0 Å². The highest BCUT2D eigenvalue weighted by Gasteiger charge is 2.13. The SMILES string of the molecule is CC1=CC=C(c2ccc(C(C)(C)C)cc2)CC=C1.